The van der Waals surface area contributed by atoms with Crippen LogP contribution in [0.4, 0.5) is 0 Å². The van der Waals surface area contributed by atoms with Gasteiger partial charge < -0.3 is 20.7 Å². The summed E-state index contributed by atoms with van der Waals surface area (Å²) in [6.45, 7) is 10.4. The van der Waals surface area contributed by atoms with Crippen LogP contribution >= 0.6 is 23.4 Å². The first-order valence-electron chi connectivity index (χ1n) is 9.77. The number of rotatable bonds is 8. The standard InChI is InChI=1S/C24H23ClN4O3S/c1-14-17(7-5-11-26)6-4-8-19(14)16(3)33-22(15(2)27)13-31-18-9-10-20(21(25)12-18)23-28-24(30)32-29-23/h4-12H,1,3,13,26-27H2,2H3,(H,28,29,30)/b11-5-,17-7-,22-15-. The summed E-state index contributed by atoms with van der Waals surface area (Å²) < 4.78 is 10.5. The lowest BCUT2D eigenvalue weighted by Crippen LogP contribution is -2.25. The van der Waals surface area contributed by atoms with Gasteiger partial charge in [-0.15, -0.1) is 0 Å². The first kappa shape index (κ1) is 24.0. The largest absolute Gasteiger partial charge is 0.488 e. The number of benzene rings is 2. The number of aromatic amines is 1. The van der Waals surface area contributed by atoms with Crippen molar-refractivity contribution in [3.05, 3.63) is 97.4 Å². The van der Waals surface area contributed by atoms with Crippen molar-refractivity contribution in [2.45, 2.75) is 6.92 Å². The Hall–Kier alpha value is -3.62. The molecule has 170 valence electrons. The number of hydrogen-bond acceptors (Lipinski definition) is 7. The van der Waals surface area contributed by atoms with Gasteiger partial charge in [-0.25, -0.2) is 4.79 Å². The lowest BCUT2D eigenvalue weighted by Gasteiger charge is -2.14. The third-order valence-electron chi connectivity index (χ3n) is 4.59. The SMILES string of the molecule is C=C(S/C(COc1ccc(-c2nc(=O)o[nH]2)c(Cl)c1)=C(/C)N)c1ccc/c(=C/C=C\N)c1=C. The van der Waals surface area contributed by atoms with Gasteiger partial charge in [0.15, 0.2) is 5.82 Å². The minimum absolute atomic E-state index is 0.219. The van der Waals surface area contributed by atoms with Crippen molar-refractivity contribution >= 4 is 40.9 Å². The Morgan fingerprint density at radius 2 is 2.15 bits per heavy atom. The zero-order valence-electron chi connectivity index (χ0n) is 17.9. The molecular weight excluding hydrogens is 460 g/mol. The van der Waals surface area contributed by atoms with E-state index in [-0.39, 0.29) is 12.4 Å². The van der Waals surface area contributed by atoms with Gasteiger partial charge in [-0.3, -0.25) is 0 Å². The summed E-state index contributed by atoms with van der Waals surface area (Å²) in [5, 5.41) is 4.57. The van der Waals surface area contributed by atoms with Gasteiger partial charge in [-0.1, -0.05) is 60.8 Å². The average Bonchev–Trinajstić information content (AvgIpc) is 3.21. The number of nitrogens with one attached hydrogen (secondary N) is 1. The van der Waals surface area contributed by atoms with Crippen molar-refractivity contribution < 1.29 is 9.26 Å². The molecular formula is C24H23ClN4O3S. The van der Waals surface area contributed by atoms with Crippen LogP contribution < -0.4 is 32.4 Å². The number of nitrogens with zero attached hydrogens (tertiary/aromatic N) is 1. The molecule has 0 saturated carbocycles. The zero-order chi connectivity index (χ0) is 24.0. The Kier molecular flexibility index (Phi) is 7.87. The second kappa shape index (κ2) is 10.8. The molecule has 0 aliphatic carbocycles. The van der Waals surface area contributed by atoms with E-state index in [0.29, 0.717) is 22.0 Å². The lowest BCUT2D eigenvalue weighted by molar-refractivity contribution is 0.359. The molecule has 5 N–H and O–H groups in total. The average molecular weight is 483 g/mol. The Morgan fingerprint density at radius 3 is 2.79 bits per heavy atom. The monoisotopic (exact) mass is 482 g/mol. The van der Waals surface area contributed by atoms with Crippen LogP contribution in [0.1, 0.15) is 12.5 Å². The van der Waals surface area contributed by atoms with Crippen LogP contribution in [0.25, 0.3) is 28.9 Å². The molecule has 1 aromatic heterocycles. The van der Waals surface area contributed by atoms with Crippen LogP contribution in [0.5, 0.6) is 5.75 Å². The highest BCUT2D eigenvalue weighted by atomic mass is 35.5. The molecule has 0 amide bonds. The molecule has 0 fully saturated rings. The van der Waals surface area contributed by atoms with Crippen molar-refractivity contribution in [2.24, 2.45) is 11.5 Å². The van der Waals surface area contributed by atoms with Gasteiger partial charge in [-0.05, 0) is 53.4 Å². The second-order valence-corrected chi connectivity index (χ2v) is 8.51. The van der Waals surface area contributed by atoms with Gasteiger partial charge in [0.1, 0.15) is 12.4 Å². The number of H-pyrrole nitrogens is 1. The number of halogens is 1. The van der Waals surface area contributed by atoms with Crippen LogP contribution in [0, 0.1) is 0 Å². The highest BCUT2D eigenvalue weighted by Gasteiger charge is 2.12. The summed E-state index contributed by atoms with van der Waals surface area (Å²) in [5.74, 6) is 0.0475. The van der Waals surface area contributed by atoms with E-state index in [1.165, 1.54) is 18.0 Å². The highest BCUT2D eigenvalue weighted by molar-refractivity contribution is 8.11. The molecule has 0 saturated heterocycles. The van der Waals surface area contributed by atoms with Crippen LogP contribution in [0.15, 0.2) is 75.2 Å². The number of thioether (sulfide) groups is 1. The lowest BCUT2D eigenvalue weighted by atomic mass is 10.1. The highest BCUT2D eigenvalue weighted by Crippen LogP contribution is 2.33. The molecule has 0 bridgehead atoms. The molecule has 0 aliphatic heterocycles. The van der Waals surface area contributed by atoms with E-state index in [1.807, 2.05) is 24.3 Å². The predicted octanol–water partition coefficient (Wildman–Crippen LogP) is 3.32. The Balaban J connectivity index is 1.75. The number of allylic oxidation sites excluding steroid dienone is 2. The van der Waals surface area contributed by atoms with Gasteiger partial charge in [0.25, 0.3) is 0 Å². The van der Waals surface area contributed by atoms with Crippen molar-refractivity contribution in [3.8, 4) is 17.1 Å². The minimum Gasteiger partial charge on any atom is -0.488 e. The fourth-order valence-corrected chi connectivity index (χ4v) is 4.02. The van der Waals surface area contributed by atoms with E-state index < -0.39 is 5.76 Å². The van der Waals surface area contributed by atoms with Crippen LogP contribution in [0.3, 0.4) is 0 Å². The maximum atomic E-state index is 11.1. The first-order valence-corrected chi connectivity index (χ1v) is 11.0. The summed E-state index contributed by atoms with van der Waals surface area (Å²) in [6.07, 6.45) is 5.11. The summed E-state index contributed by atoms with van der Waals surface area (Å²) in [7, 11) is 0. The molecule has 0 atom stereocenters. The minimum atomic E-state index is -0.725. The van der Waals surface area contributed by atoms with Crippen molar-refractivity contribution in [1.29, 1.82) is 0 Å². The molecule has 3 rings (SSSR count). The number of hydrogen-bond donors (Lipinski definition) is 3. The van der Waals surface area contributed by atoms with Gasteiger partial charge in [0.05, 0.1) is 5.02 Å². The van der Waals surface area contributed by atoms with Crippen molar-refractivity contribution in [3.63, 3.8) is 0 Å². The van der Waals surface area contributed by atoms with Crippen molar-refractivity contribution in [2.75, 3.05) is 6.61 Å². The predicted molar refractivity (Wildman–Crippen MR) is 136 cm³/mol. The first-order chi connectivity index (χ1) is 15.8. The molecule has 9 heteroatoms. The van der Waals surface area contributed by atoms with Crippen molar-refractivity contribution in [1.82, 2.24) is 10.1 Å². The molecule has 2 aromatic carbocycles. The quantitative estimate of drug-likeness (QED) is 0.450. The molecule has 1 heterocycles. The van der Waals surface area contributed by atoms with E-state index >= 15 is 0 Å². The molecule has 3 aromatic rings. The molecule has 0 unspecified atom stereocenters. The third kappa shape index (κ3) is 6.00. The van der Waals surface area contributed by atoms with Gasteiger partial charge >= 0.3 is 5.76 Å². The maximum absolute atomic E-state index is 11.1. The van der Waals surface area contributed by atoms with E-state index in [0.717, 1.165) is 25.8 Å². The fraction of sp³-hybridized carbons (Fsp3) is 0.0833. The number of aromatic nitrogens is 2. The van der Waals surface area contributed by atoms with E-state index in [9.17, 15) is 4.79 Å². The van der Waals surface area contributed by atoms with Crippen LogP contribution in [-0.4, -0.2) is 16.7 Å². The normalized spacial score (nSPS) is 12.7. The third-order valence-corrected chi connectivity index (χ3v) is 6.05. The molecule has 7 nitrogen and oxygen atoms in total. The number of nitrogens with two attached hydrogens (primary N) is 2. The second-order valence-electron chi connectivity index (χ2n) is 6.92. The summed E-state index contributed by atoms with van der Waals surface area (Å²) in [6, 6.07) is 10.9. The van der Waals surface area contributed by atoms with Crippen LogP contribution in [-0.2, 0) is 0 Å². The topological polar surface area (TPSA) is 120 Å². The zero-order valence-corrected chi connectivity index (χ0v) is 19.5. The Bertz CT molecular complexity index is 1400. The van der Waals surface area contributed by atoms with E-state index in [1.54, 1.807) is 31.2 Å². The molecule has 0 spiro atoms. The Labute approximate surface area is 199 Å². The smallest absolute Gasteiger partial charge is 0.460 e. The van der Waals surface area contributed by atoms with Crippen LogP contribution in [0.2, 0.25) is 5.02 Å². The van der Waals surface area contributed by atoms with E-state index in [2.05, 4.69) is 27.8 Å². The summed E-state index contributed by atoms with van der Waals surface area (Å²) in [4.78, 5) is 16.4. The van der Waals surface area contributed by atoms with Gasteiger partial charge in [0.2, 0.25) is 0 Å². The number of ether oxygens (including phenoxy) is 1. The molecule has 0 aliphatic rings. The van der Waals surface area contributed by atoms with Gasteiger partial charge in [0, 0.05) is 21.1 Å². The molecule has 0 radical (unpaired) electrons. The summed E-state index contributed by atoms with van der Waals surface area (Å²) in [5.41, 5.74) is 13.6. The summed E-state index contributed by atoms with van der Waals surface area (Å²) >= 11 is 7.74. The van der Waals surface area contributed by atoms with E-state index in [4.69, 9.17) is 27.8 Å². The van der Waals surface area contributed by atoms with Gasteiger partial charge in [-0.2, -0.15) is 10.1 Å². The Morgan fingerprint density at radius 1 is 1.36 bits per heavy atom. The fourth-order valence-electron chi connectivity index (χ4n) is 2.88. The maximum Gasteiger partial charge on any atom is 0.460 e. The molecule has 33 heavy (non-hydrogen) atoms.